The Balaban J connectivity index is 2.26. The first kappa shape index (κ1) is 14.3. The Kier molecular flexibility index (Phi) is 4.42. The summed E-state index contributed by atoms with van der Waals surface area (Å²) in [5, 5.41) is 4.15. The average molecular weight is 344 g/mol. The van der Waals surface area contributed by atoms with Gasteiger partial charge in [-0.25, -0.2) is 0 Å². The Morgan fingerprint density at radius 3 is 2.58 bits per heavy atom. The van der Waals surface area contributed by atoms with Gasteiger partial charge in [0.1, 0.15) is 5.76 Å². The lowest BCUT2D eigenvalue weighted by Gasteiger charge is -2.22. The van der Waals surface area contributed by atoms with E-state index >= 15 is 0 Å². The standard InChI is InChI=1S/C14H16BrClN2O/c1-9(12-7-8-13(15)19-12)17-11-6-4-5-10(16)14(11)18(2)3/h4-9,17H,1-3H3. The Morgan fingerprint density at radius 1 is 1.26 bits per heavy atom. The third kappa shape index (κ3) is 3.25. The Hall–Kier alpha value is -1.13. The normalized spacial score (nSPS) is 12.3. The average Bonchev–Trinajstić information content (AvgIpc) is 2.75. The summed E-state index contributed by atoms with van der Waals surface area (Å²) in [5.74, 6) is 0.872. The second kappa shape index (κ2) is 5.88. The van der Waals surface area contributed by atoms with Gasteiger partial charge in [0.25, 0.3) is 0 Å². The number of nitrogens with one attached hydrogen (secondary N) is 1. The molecule has 1 aromatic carbocycles. The molecule has 1 N–H and O–H groups in total. The van der Waals surface area contributed by atoms with Crippen LogP contribution in [0.3, 0.4) is 0 Å². The predicted octanol–water partition coefficient (Wildman–Crippen LogP) is 4.93. The molecule has 19 heavy (non-hydrogen) atoms. The smallest absolute Gasteiger partial charge is 0.169 e. The fraction of sp³-hybridized carbons (Fsp3) is 0.286. The number of rotatable bonds is 4. The van der Waals surface area contributed by atoms with Gasteiger partial charge in [-0.3, -0.25) is 0 Å². The zero-order valence-corrected chi connectivity index (χ0v) is 13.4. The van der Waals surface area contributed by atoms with E-state index in [-0.39, 0.29) is 6.04 Å². The van der Waals surface area contributed by atoms with E-state index in [0.29, 0.717) is 0 Å². The third-order valence-corrected chi connectivity index (χ3v) is 3.56. The number of para-hydroxylation sites is 1. The molecule has 0 bridgehead atoms. The fourth-order valence-electron chi connectivity index (χ4n) is 1.95. The summed E-state index contributed by atoms with van der Waals surface area (Å²) in [4.78, 5) is 2.00. The second-order valence-electron chi connectivity index (χ2n) is 4.54. The maximum atomic E-state index is 6.25. The number of furan rings is 1. The number of nitrogens with zero attached hydrogens (tertiary/aromatic N) is 1. The van der Waals surface area contributed by atoms with Crippen molar-refractivity contribution >= 4 is 38.9 Å². The van der Waals surface area contributed by atoms with Crippen LogP contribution in [0.15, 0.2) is 39.4 Å². The Morgan fingerprint density at radius 2 is 2.00 bits per heavy atom. The molecular formula is C14H16BrClN2O. The number of hydrogen-bond acceptors (Lipinski definition) is 3. The van der Waals surface area contributed by atoms with Gasteiger partial charge in [0.05, 0.1) is 22.4 Å². The lowest BCUT2D eigenvalue weighted by molar-refractivity contribution is 0.471. The highest BCUT2D eigenvalue weighted by Gasteiger charge is 2.14. The van der Waals surface area contributed by atoms with Gasteiger partial charge in [-0.05, 0) is 47.1 Å². The summed E-state index contributed by atoms with van der Waals surface area (Å²) in [5.41, 5.74) is 1.96. The van der Waals surface area contributed by atoms with Crippen molar-refractivity contribution < 1.29 is 4.42 Å². The van der Waals surface area contributed by atoms with Crippen molar-refractivity contribution in [3.8, 4) is 0 Å². The maximum Gasteiger partial charge on any atom is 0.169 e. The summed E-state index contributed by atoms with van der Waals surface area (Å²) in [6, 6.07) is 9.72. The highest BCUT2D eigenvalue weighted by molar-refractivity contribution is 9.10. The summed E-state index contributed by atoms with van der Waals surface area (Å²) in [7, 11) is 3.95. The molecule has 0 fully saturated rings. The molecular weight excluding hydrogens is 328 g/mol. The van der Waals surface area contributed by atoms with E-state index < -0.39 is 0 Å². The van der Waals surface area contributed by atoms with Crippen LogP contribution in [0.25, 0.3) is 0 Å². The lowest BCUT2D eigenvalue weighted by Crippen LogP contribution is -2.14. The van der Waals surface area contributed by atoms with E-state index in [0.717, 1.165) is 26.8 Å². The molecule has 0 saturated heterocycles. The van der Waals surface area contributed by atoms with E-state index in [1.165, 1.54) is 0 Å². The van der Waals surface area contributed by atoms with Gasteiger partial charge in [0.15, 0.2) is 4.67 Å². The van der Waals surface area contributed by atoms with Crippen molar-refractivity contribution in [2.75, 3.05) is 24.3 Å². The van der Waals surface area contributed by atoms with Crippen molar-refractivity contribution in [3.63, 3.8) is 0 Å². The van der Waals surface area contributed by atoms with Gasteiger partial charge in [-0.1, -0.05) is 17.7 Å². The minimum absolute atomic E-state index is 0.0588. The largest absolute Gasteiger partial charge is 0.452 e. The van der Waals surface area contributed by atoms with E-state index in [9.17, 15) is 0 Å². The first-order valence-corrected chi connectivity index (χ1v) is 7.13. The van der Waals surface area contributed by atoms with Crippen molar-refractivity contribution in [2.45, 2.75) is 13.0 Å². The molecule has 2 aromatic rings. The van der Waals surface area contributed by atoms with Crippen LogP contribution in [0.5, 0.6) is 0 Å². The minimum atomic E-state index is 0.0588. The minimum Gasteiger partial charge on any atom is -0.452 e. The number of hydrogen-bond donors (Lipinski definition) is 1. The quantitative estimate of drug-likeness (QED) is 0.853. The zero-order chi connectivity index (χ0) is 14.0. The highest BCUT2D eigenvalue weighted by atomic mass is 79.9. The first-order chi connectivity index (χ1) is 8.99. The molecule has 3 nitrogen and oxygen atoms in total. The van der Waals surface area contributed by atoms with E-state index in [2.05, 4.69) is 21.2 Å². The molecule has 0 aliphatic heterocycles. The van der Waals surface area contributed by atoms with Crippen LogP contribution in [0, 0.1) is 0 Å². The molecule has 0 aliphatic rings. The summed E-state index contributed by atoms with van der Waals surface area (Å²) >= 11 is 9.56. The predicted molar refractivity (Wildman–Crippen MR) is 84.2 cm³/mol. The lowest BCUT2D eigenvalue weighted by atomic mass is 10.2. The van der Waals surface area contributed by atoms with Crippen molar-refractivity contribution in [1.82, 2.24) is 0 Å². The third-order valence-electron chi connectivity index (χ3n) is 2.83. The molecule has 102 valence electrons. The summed E-state index contributed by atoms with van der Waals surface area (Å²) < 4.78 is 6.29. The van der Waals surface area contributed by atoms with E-state index in [4.69, 9.17) is 16.0 Å². The second-order valence-corrected chi connectivity index (χ2v) is 5.73. The van der Waals surface area contributed by atoms with Gasteiger partial charge < -0.3 is 14.6 Å². The van der Waals surface area contributed by atoms with Crippen molar-refractivity contribution in [1.29, 1.82) is 0 Å². The maximum absolute atomic E-state index is 6.25. The molecule has 1 heterocycles. The van der Waals surface area contributed by atoms with Crippen LogP contribution in [0.2, 0.25) is 5.02 Å². The number of halogens is 2. The van der Waals surface area contributed by atoms with E-state index in [1.54, 1.807) is 0 Å². The van der Waals surface area contributed by atoms with Crippen LogP contribution >= 0.6 is 27.5 Å². The number of benzene rings is 1. The molecule has 1 aromatic heterocycles. The van der Waals surface area contributed by atoms with Gasteiger partial charge >= 0.3 is 0 Å². The van der Waals surface area contributed by atoms with Gasteiger partial charge in [-0.2, -0.15) is 0 Å². The van der Waals surface area contributed by atoms with Gasteiger partial charge in [-0.15, -0.1) is 0 Å². The van der Waals surface area contributed by atoms with Gasteiger partial charge in [0, 0.05) is 14.1 Å². The summed E-state index contributed by atoms with van der Waals surface area (Å²) in [6.45, 7) is 2.05. The fourth-order valence-corrected chi connectivity index (χ4v) is 2.61. The molecule has 1 unspecified atom stereocenters. The first-order valence-electron chi connectivity index (χ1n) is 5.96. The molecule has 1 atom stereocenters. The van der Waals surface area contributed by atoms with Crippen LogP contribution in [0.1, 0.15) is 18.7 Å². The molecule has 0 spiro atoms. The van der Waals surface area contributed by atoms with Crippen LogP contribution in [-0.4, -0.2) is 14.1 Å². The van der Waals surface area contributed by atoms with Crippen LogP contribution in [-0.2, 0) is 0 Å². The topological polar surface area (TPSA) is 28.4 Å². The molecule has 0 aliphatic carbocycles. The van der Waals surface area contributed by atoms with E-state index in [1.807, 2.05) is 56.3 Å². The monoisotopic (exact) mass is 342 g/mol. The van der Waals surface area contributed by atoms with Crippen LogP contribution in [0.4, 0.5) is 11.4 Å². The molecule has 2 rings (SSSR count). The van der Waals surface area contributed by atoms with Crippen molar-refractivity contribution in [3.05, 3.63) is 45.8 Å². The Bertz CT molecular complexity index is 568. The number of anilines is 2. The van der Waals surface area contributed by atoms with Crippen molar-refractivity contribution in [2.24, 2.45) is 0 Å². The molecule has 0 radical (unpaired) electrons. The Labute approximate surface area is 126 Å². The SMILES string of the molecule is CC(Nc1cccc(Cl)c1N(C)C)c1ccc(Br)o1. The molecule has 5 heteroatoms. The van der Waals surface area contributed by atoms with Gasteiger partial charge in [0.2, 0.25) is 0 Å². The van der Waals surface area contributed by atoms with Crippen LogP contribution < -0.4 is 10.2 Å². The highest BCUT2D eigenvalue weighted by Crippen LogP contribution is 2.35. The zero-order valence-electron chi connectivity index (χ0n) is 11.1. The summed E-state index contributed by atoms with van der Waals surface area (Å²) in [6.07, 6.45) is 0. The molecule has 0 saturated carbocycles. The molecule has 0 amide bonds.